The number of hydrogen-bond donors (Lipinski definition) is 1. The van der Waals surface area contributed by atoms with Gasteiger partial charge < -0.3 is 10.0 Å². The van der Waals surface area contributed by atoms with Gasteiger partial charge in [0.15, 0.2) is 0 Å². The molecule has 0 bridgehead atoms. The largest absolute Gasteiger partial charge is 0.478 e. The van der Waals surface area contributed by atoms with Crippen LogP contribution in [0, 0.1) is 12.8 Å². The summed E-state index contributed by atoms with van der Waals surface area (Å²) >= 11 is 0. The fourth-order valence-corrected chi connectivity index (χ4v) is 2.07. The Morgan fingerprint density at radius 2 is 2.16 bits per heavy atom. The molecule has 0 aliphatic carbocycles. The highest BCUT2D eigenvalue weighted by molar-refractivity contribution is 5.85. The molecule has 1 unspecified atom stereocenters. The molecule has 1 N–H and O–H groups in total. The topological polar surface area (TPSA) is 40.5 Å². The van der Waals surface area contributed by atoms with Gasteiger partial charge in [-0.1, -0.05) is 26.3 Å². The SMILES string of the molecule is CCC(C)CN(C)c1ccc(C=CC(=O)O)cc1C. The lowest BCUT2D eigenvalue weighted by atomic mass is 10.1. The highest BCUT2D eigenvalue weighted by atomic mass is 16.4. The first-order valence-corrected chi connectivity index (χ1v) is 6.66. The van der Waals surface area contributed by atoms with Crippen molar-refractivity contribution in [3.8, 4) is 0 Å². The van der Waals surface area contributed by atoms with E-state index in [1.54, 1.807) is 6.08 Å². The van der Waals surface area contributed by atoms with Gasteiger partial charge in [-0.15, -0.1) is 0 Å². The monoisotopic (exact) mass is 261 g/mol. The van der Waals surface area contributed by atoms with Crippen LogP contribution >= 0.6 is 0 Å². The van der Waals surface area contributed by atoms with E-state index < -0.39 is 5.97 Å². The van der Waals surface area contributed by atoms with Gasteiger partial charge in [0.05, 0.1) is 0 Å². The molecular formula is C16H23NO2. The maximum absolute atomic E-state index is 10.5. The van der Waals surface area contributed by atoms with E-state index in [9.17, 15) is 4.79 Å². The molecule has 0 aromatic heterocycles. The fraction of sp³-hybridized carbons (Fsp3) is 0.438. The van der Waals surface area contributed by atoms with Crippen LogP contribution in [0.25, 0.3) is 6.08 Å². The minimum atomic E-state index is -0.921. The van der Waals surface area contributed by atoms with Gasteiger partial charge in [-0.3, -0.25) is 0 Å². The minimum Gasteiger partial charge on any atom is -0.478 e. The molecule has 3 heteroatoms. The Hall–Kier alpha value is -1.77. The van der Waals surface area contributed by atoms with Crippen molar-refractivity contribution in [3.63, 3.8) is 0 Å². The van der Waals surface area contributed by atoms with Gasteiger partial charge in [0.1, 0.15) is 0 Å². The van der Waals surface area contributed by atoms with E-state index in [-0.39, 0.29) is 0 Å². The van der Waals surface area contributed by atoms with E-state index in [4.69, 9.17) is 5.11 Å². The Kier molecular flexibility index (Phi) is 5.61. The van der Waals surface area contributed by atoms with Gasteiger partial charge in [0, 0.05) is 25.4 Å². The molecule has 104 valence electrons. The third-order valence-corrected chi connectivity index (χ3v) is 3.33. The number of aliphatic carboxylic acids is 1. The van der Waals surface area contributed by atoms with Crippen molar-refractivity contribution in [2.75, 3.05) is 18.5 Å². The van der Waals surface area contributed by atoms with Crippen LogP contribution in [-0.4, -0.2) is 24.7 Å². The third-order valence-electron chi connectivity index (χ3n) is 3.33. The minimum absolute atomic E-state index is 0.663. The first kappa shape index (κ1) is 15.3. The third kappa shape index (κ3) is 4.78. The molecule has 1 aromatic carbocycles. The Bertz CT molecular complexity index is 466. The van der Waals surface area contributed by atoms with Gasteiger partial charge in [0.25, 0.3) is 0 Å². The molecule has 1 aromatic rings. The lowest BCUT2D eigenvalue weighted by Gasteiger charge is -2.24. The number of benzene rings is 1. The number of carbonyl (C=O) groups is 1. The van der Waals surface area contributed by atoms with Crippen molar-refractivity contribution in [1.82, 2.24) is 0 Å². The second-order valence-electron chi connectivity index (χ2n) is 5.11. The number of aryl methyl sites for hydroxylation is 1. The average molecular weight is 261 g/mol. The van der Waals surface area contributed by atoms with Crippen molar-refractivity contribution in [3.05, 3.63) is 35.4 Å². The van der Waals surface area contributed by atoms with Crippen molar-refractivity contribution >= 4 is 17.7 Å². The number of nitrogens with zero attached hydrogens (tertiary/aromatic N) is 1. The average Bonchev–Trinajstić information content (AvgIpc) is 2.35. The molecule has 0 radical (unpaired) electrons. The van der Waals surface area contributed by atoms with Crippen molar-refractivity contribution in [2.24, 2.45) is 5.92 Å². The standard InChI is InChI=1S/C16H23NO2/c1-5-12(2)11-17(4)15-8-6-14(10-13(15)3)7-9-16(18)19/h6-10,12H,5,11H2,1-4H3,(H,18,19). The van der Waals surface area contributed by atoms with Gasteiger partial charge in [0.2, 0.25) is 0 Å². The zero-order chi connectivity index (χ0) is 14.4. The number of anilines is 1. The summed E-state index contributed by atoms with van der Waals surface area (Å²) in [7, 11) is 2.10. The smallest absolute Gasteiger partial charge is 0.328 e. The van der Waals surface area contributed by atoms with Crippen molar-refractivity contribution in [2.45, 2.75) is 27.2 Å². The number of hydrogen-bond acceptors (Lipinski definition) is 2. The van der Waals surface area contributed by atoms with Crippen LogP contribution < -0.4 is 4.90 Å². The first-order chi connectivity index (χ1) is 8.93. The predicted octanol–water partition coefficient (Wildman–Crippen LogP) is 3.58. The second kappa shape index (κ2) is 6.98. The quantitative estimate of drug-likeness (QED) is 0.796. The first-order valence-electron chi connectivity index (χ1n) is 6.66. The van der Waals surface area contributed by atoms with Crippen LogP contribution in [0.3, 0.4) is 0 Å². The van der Waals surface area contributed by atoms with E-state index in [2.05, 4.69) is 38.8 Å². The van der Waals surface area contributed by atoms with E-state index in [1.807, 2.05) is 12.1 Å². The Labute approximate surface area is 115 Å². The van der Waals surface area contributed by atoms with Gasteiger partial charge in [-0.25, -0.2) is 4.79 Å². The van der Waals surface area contributed by atoms with E-state index >= 15 is 0 Å². The molecule has 0 aliphatic rings. The number of carboxylic acid groups (broad SMARTS) is 1. The number of carboxylic acids is 1. The van der Waals surface area contributed by atoms with E-state index in [0.717, 1.165) is 18.2 Å². The van der Waals surface area contributed by atoms with Gasteiger partial charge >= 0.3 is 5.97 Å². The van der Waals surface area contributed by atoms with E-state index in [0.29, 0.717) is 5.92 Å². The highest BCUT2D eigenvalue weighted by Gasteiger charge is 2.08. The fourth-order valence-electron chi connectivity index (χ4n) is 2.07. The molecule has 0 aliphatic heterocycles. The summed E-state index contributed by atoms with van der Waals surface area (Å²) < 4.78 is 0. The van der Waals surface area contributed by atoms with Crippen LogP contribution in [0.5, 0.6) is 0 Å². The number of rotatable bonds is 6. The molecule has 0 saturated heterocycles. The predicted molar refractivity (Wildman–Crippen MR) is 80.6 cm³/mol. The maximum atomic E-state index is 10.5. The lowest BCUT2D eigenvalue weighted by molar-refractivity contribution is -0.131. The molecule has 1 rings (SSSR count). The Morgan fingerprint density at radius 3 is 2.68 bits per heavy atom. The lowest BCUT2D eigenvalue weighted by Crippen LogP contribution is -2.24. The molecule has 19 heavy (non-hydrogen) atoms. The normalized spacial score (nSPS) is 12.6. The summed E-state index contributed by atoms with van der Waals surface area (Å²) in [6.45, 7) is 7.53. The summed E-state index contributed by atoms with van der Waals surface area (Å²) in [5.41, 5.74) is 3.28. The molecule has 1 atom stereocenters. The molecule has 0 saturated carbocycles. The van der Waals surface area contributed by atoms with Gasteiger partial charge in [-0.2, -0.15) is 0 Å². The second-order valence-corrected chi connectivity index (χ2v) is 5.11. The maximum Gasteiger partial charge on any atom is 0.328 e. The zero-order valence-electron chi connectivity index (χ0n) is 12.2. The van der Waals surface area contributed by atoms with Gasteiger partial charge in [-0.05, 0) is 42.2 Å². The van der Waals surface area contributed by atoms with Crippen LogP contribution in [0.2, 0.25) is 0 Å². The van der Waals surface area contributed by atoms with E-state index in [1.165, 1.54) is 17.7 Å². The molecule has 0 amide bonds. The van der Waals surface area contributed by atoms with Crippen LogP contribution in [0.15, 0.2) is 24.3 Å². The summed E-state index contributed by atoms with van der Waals surface area (Å²) in [4.78, 5) is 12.8. The zero-order valence-corrected chi connectivity index (χ0v) is 12.2. The summed E-state index contributed by atoms with van der Waals surface area (Å²) in [5.74, 6) is -0.258. The summed E-state index contributed by atoms with van der Waals surface area (Å²) in [6, 6.07) is 6.02. The Morgan fingerprint density at radius 1 is 1.47 bits per heavy atom. The molecular weight excluding hydrogens is 238 g/mol. The highest BCUT2D eigenvalue weighted by Crippen LogP contribution is 2.22. The molecule has 0 fully saturated rings. The summed E-state index contributed by atoms with van der Waals surface area (Å²) in [6.07, 6.45) is 3.95. The van der Waals surface area contributed by atoms with Crippen molar-refractivity contribution < 1.29 is 9.90 Å². The molecule has 0 heterocycles. The van der Waals surface area contributed by atoms with Crippen LogP contribution in [0.1, 0.15) is 31.4 Å². The molecule has 0 spiro atoms. The van der Waals surface area contributed by atoms with Crippen molar-refractivity contribution in [1.29, 1.82) is 0 Å². The molecule has 3 nitrogen and oxygen atoms in total. The summed E-state index contributed by atoms with van der Waals surface area (Å²) in [5, 5.41) is 8.62. The Balaban J connectivity index is 2.85. The van der Waals surface area contributed by atoms with Crippen LogP contribution in [0.4, 0.5) is 5.69 Å². The van der Waals surface area contributed by atoms with Crippen LogP contribution in [-0.2, 0) is 4.79 Å².